The van der Waals surface area contributed by atoms with Crippen LogP contribution in [0.1, 0.15) is 35.7 Å². The molecule has 1 N–H and O–H groups in total. The summed E-state index contributed by atoms with van der Waals surface area (Å²) in [6, 6.07) is 3.39. The molecule has 4 heterocycles. The number of fused-ring (bicyclic) bond motifs is 1. The predicted octanol–water partition coefficient (Wildman–Crippen LogP) is 1.84. The van der Waals surface area contributed by atoms with E-state index >= 15 is 0 Å². The molecule has 3 amide bonds. The maximum absolute atomic E-state index is 12.6. The first kappa shape index (κ1) is 18.1. The minimum atomic E-state index is -0.342. The molecular formula is C21H19N7O2. The van der Waals surface area contributed by atoms with Gasteiger partial charge in [0, 0.05) is 32.6 Å². The average Bonchev–Trinajstić information content (AvgIpc) is 3.48. The van der Waals surface area contributed by atoms with Crippen molar-refractivity contribution in [1.82, 2.24) is 24.3 Å². The van der Waals surface area contributed by atoms with E-state index < -0.39 is 0 Å². The van der Waals surface area contributed by atoms with Gasteiger partial charge in [0.2, 0.25) is 5.91 Å². The number of likely N-dealkylation sites (N-methyl/N-ethyl adjacent to an activating group) is 1. The van der Waals surface area contributed by atoms with E-state index in [9.17, 15) is 9.59 Å². The van der Waals surface area contributed by atoms with Crippen molar-refractivity contribution >= 4 is 29.1 Å². The number of imidazole rings is 1. The number of amides is 3. The van der Waals surface area contributed by atoms with Crippen LogP contribution in [-0.2, 0) is 4.79 Å². The number of pyridine rings is 1. The third-order valence-electron chi connectivity index (χ3n) is 5.32. The van der Waals surface area contributed by atoms with E-state index in [4.69, 9.17) is 0 Å². The van der Waals surface area contributed by atoms with Crippen LogP contribution in [0.15, 0.2) is 30.9 Å². The molecule has 9 nitrogen and oxygen atoms in total. The number of anilines is 2. The second-order valence-electron chi connectivity index (χ2n) is 7.40. The number of hydrogen-bond donors (Lipinski definition) is 1. The van der Waals surface area contributed by atoms with Gasteiger partial charge < -0.3 is 9.72 Å². The average molecular weight is 401 g/mol. The molecule has 3 aromatic rings. The summed E-state index contributed by atoms with van der Waals surface area (Å²) in [5.74, 6) is 6.97. The van der Waals surface area contributed by atoms with Crippen LogP contribution >= 0.6 is 0 Å². The molecule has 0 unspecified atom stereocenters. The summed E-state index contributed by atoms with van der Waals surface area (Å²) in [4.78, 5) is 40.1. The molecule has 0 atom stereocenters. The molecule has 1 saturated carbocycles. The van der Waals surface area contributed by atoms with Crippen molar-refractivity contribution in [2.45, 2.75) is 18.8 Å². The molecule has 30 heavy (non-hydrogen) atoms. The summed E-state index contributed by atoms with van der Waals surface area (Å²) in [6.07, 6.45) is 7.57. The number of carbonyl (C=O) groups is 2. The van der Waals surface area contributed by atoms with Crippen LogP contribution in [0.2, 0.25) is 0 Å². The van der Waals surface area contributed by atoms with E-state index in [0.717, 1.165) is 23.3 Å². The predicted molar refractivity (Wildman–Crippen MR) is 110 cm³/mol. The van der Waals surface area contributed by atoms with E-state index in [1.165, 1.54) is 18.3 Å². The minimum absolute atomic E-state index is 0.0146. The van der Waals surface area contributed by atoms with Crippen molar-refractivity contribution in [2.75, 3.05) is 30.9 Å². The fourth-order valence-corrected chi connectivity index (χ4v) is 3.48. The third kappa shape index (κ3) is 3.12. The first-order valence-corrected chi connectivity index (χ1v) is 9.66. The molecule has 9 heteroatoms. The van der Waals surface area contributed by atoms with Gasteiger partial charge in [-0.3, -0.25) is 14.6 Å². The van der Waals surface area contributed by atoms with Gasteiger partial charge in [0.05, 0.1) is 5.69 Å². The van der Waals surface area contributed by atoms with Gasteiger partial charge in [-0.05, 0) is 42.2 Å². The topological polar surface area (TPSA) is 95.7 Å². The highest BCUT2D eigenvalue weighted by molar-refractivity contribution is 6.13. The summed E-state index contributed by atoms with van der Waals surface area (Å²) < 4.78 is 1.89. The zero-order valence-electron chi connectivity index (χ0n) is 16.6. The molecule has 5 rings (SSSR count). The van der Waals surface area contributed by atoms with Gasteiger partial charge in [0.15, 0.2) is 5.65 Å². The molecule has 2 aliphatic rings. The molecule has 3 aromatic heterocycles. The van der Waals surface area contributed by atoms with Crippen LogP contribution in [0, 0.1) is 11.8 Å². The molecular weight excluding hydrogens is 382 g/mol. The van der Waals surface area contributed by atoms with Crippen molar-refractivity contribution < 1.29 is 9.59 Å². The number of aromatic nitrogens is 4. The third-order valence-corrected chi connectivity index (χ3v) is 5.32. The van der Waals surface area contributed by atoms with E-state index in [1.54, 1.807) is 13.1 Å². The molecule has 1 saturated heterocycles. The Morgan fingerprint density at radius 3 is 2.60 bits per heavy atom. The van der Waals surface area contributed by atoms with Gasteiger partial charge in [-0.1, -0.05) is 0 Å². The summed E-state index contributed by atoms with van der Waals surface area (Å²) in [6.45, 7) is 0.0146. The standard InChI is InChI=1S/C21H19N7O2/c1-22-18-8-15(23-12-24-18)5-6-16-10-27-9-14(13-3-4-13)7-17(20(27)25-16)28-11-19(29)26(2)21(28)30/h7-10,12-13H,3-4,11H2,1-2H3,(H,22,23,24). The van der Waals surface area contributed by atoms with Crippen LogP contribution in [0.25, 0.3) is 5.65 Å². The molecule has 1 aliphatic carbocycles. The molecule has 0 aromatic carbocycles. The van der Waals surface area contributed by atoms with Crippen molar-refractivity contribution in [1.29, 1.82) is 0 Å². The number of nitrogens with zero attached hydrogens (tertiary/aromatic N) is 6. The van der Waals surface area contributed by atoms with Crippen molar-refractivity contribution in [3.05, 3.63) is 47.8 Å². The fourth-order valence-electron chi connectivity index (χ4n) is 3.48. The number of rotatable bonds is 3. The maximum Gasteiger partial charge on any atom is 0.331 e. The van der Waals surface area contributed by atoms with E-state index in [1.807, 2.05) is 22.9 Å². The Hall–Kier alpha value is -3.93. The second kappa shape index (κ2) is 6.84. The van der Waals surface area contributed by atoms with Crippen molar-refractivity contribution in [3.63, 3.8) is 0 Å². The summed E-state index contributed by atoms with van der Waals surface area (Å²) in [5, 5.41) is 2.95. The fraction of sp³-hybridized carbons (Fsp3) is 0.286. The summed E-state index contributed by atoms with van der Waals surface area (Å²) in [7, 11) is 3.28. The van der Waals surface area contributed by atoms with Crippen LogP contribution in [0.4, 0.5) is 16.3 Å². The highest BCUT2D eigenvalue weighted by Gasteiger charge is 2.36. The Labute approximate surface area is 172 Å². The largest absolute Gasteiger partial charge is 0.373 e. The molecule has 150 valence electrons. The quantitative estimate of drug-likeness (QED) is 0.532. The summed E-state index contributed by atoms with van der Waals surface area (Å²) in [5.41, 5.74) is 3.50. The minimum Gasteiger partial charge on any atom is -0.373 e. The van der Waals surface area contributed by atoms with Crippen LogP contribution < -0.4 is 10.2 Å². The van der Waals surface area contributed by atoms with Crippen LogP contribution in [0.5, 0.6) is 0 Å². The lowest BCUT2D eigenvalue weighted by Crippen LogP contribution is -2.30. The van der Waals surface area contributed by atoms with Gasteiger partial charge in [0.25, 0.3) is 0 Å². The molecule has 2 fully saturated rings. The Morgan fingerprint density at radius 1 is 1.10 bits per heavy atom. The van der Waals surface area contributed by atoms with Gasteiger partial charge in [-0.25, -0.2) is 19.7 Å². The zero-order valence-corrected chi connectivity index (χ0v) is 16.6. The van der Waals surface area contributed by atoms with Crippen LogP contribution in [-0.4, -0.2) is 56.8 Å². The van der Waals surface area contributed by atoms with E-state index in [0.29, 0.717) is 34.5 Å². The highest BCUT2D eigenvalue weighted by Crippen LogP contribution is 2.42. The lowest BCUT2D eigenvalue weighted by atomic mass is 10.1. The summed E-state index contributed by atoms with van der Waals surface area (Å²) >= 11 is 0. The number of imide groups is 1. The van der Waals surface area contributed by atoms with Gasteiger partial charge in [0.1, 0.15) is 30.1 Å². The van der Waals surface area contributed by atoms with Gasteiger partial charge in [-0.2, -0.15) is 0 Å². The van der Waals surface area contributed by atoms with Crippen molar-refractivity contribution in [3.8, 4) is 11.8 Å². The first-order valence-electron chi connectivity index (χ1n) is 9.66. The maximum atomic E-state index is 12.6. The number of nitrogens with one attached hydrogen (secondary N) is 1. The number of carbonyl (C=O) groups excluding carboxylic acids is 2. The molecule has 0 spiro atoms. The second-order valence-corrected chi connectivity index (χ2v) is 7.40. The smallest absolute Gasteiger partial charge is 0.331 e. The Balaban J connectivity index is 1.58. The van der Waals surface area contributed by atoms with Gasteiger partial charge >= 0.3 is 6.03 Å². The number of hydrogen-bond acceptors (Lipinski definition) is 6. The number of urea groups is 1. The molecule has 0 radical (unpaired) electrons. The lowest BCUT2D eigenvalue weighted by Gasteiger charge is -2.17. The van der Waals surface area contributed by atoms with Crippen LogP contribution in [0.3, 0.4) is 0 Å². The SMILES string of the molecule is CNc1cc(C#Cc2cn3cc(C4CC4)cc(N4CC(=O)N(C)C4=O)c3n2)ncn1. The van der Waals surface area contributed by atoms with Gasteiger partial charge in [-0.15, -0.1) is 0 Å². The first-order chi connectivity index (χ1) is 14.5. The monoisotopic (exact) mass is 401 g/mol. The Kier molecular flexibility index (Phi) is 4.13. The lowest BCUT2D eigenvalue weighted by molar-refractivity contribution is -0.123. The van der Waals surface area contributed by atoms with Crippen molar-refractivity contribution in [2.24, 2.45) is 0 Å². The normalized spacial score (nSPS) is 16.2. The zero-order chi connectivity index (χ0) is 20.8. The highest BCUT2D eigenvalue weighted by atomic mass is 16.2. The molecule has 1 aliphatic heterocycles. The Bertz CT molecular complexity index is 1250. The molecule has 0 bridgehead atoms. The van der Waals surface area contributed by atoms with E-state index in [-0.39, 0.29) is 18.5 Å². The Morgan fingerprint density at radius 2 is 1.90 bits per heavy atom. The van der Waals surface area contributed by atoms with E-state index in [2.05, 4.69) is 32.1 Å².